The number of carbonyl (C=O) groups is 1. The number of carboxylic acid groups (broad SMARTS) is 1. The second-order valence-electron chi connectivity index (χ2n) is 3.91. The van der Waals surface area contributed by atoms with Crippen molar-refractivity contribution in [2.24, 2.45) is 0 Å². The Morgan fingerprint density at radius 1 is 1.31 bits per heavy atom. The number of carboxylic acids is 1. The lowest BCUT2D eigenvalue weighted by Crippen LogP contribution is -2.21. The topological polar surface area (TPSA) is 46.5 Å². The van der Waals surface area contributed by atoms with Gasteiger partial charge < -0.3 is 9.84 Å². The van der Waals surface area contributed by atoms with Gasteiger partial charge in [0.2, 0.25) is 0 Å². The molecule has 0 bridgehead atoms. The predicted molar refractivity (Wildman–Crippen MR) is 56.2 cm³/mol. The van der Waals surface area contributed by atoms with Gasteiger partial charge in [-0.1, -0.05) is 6.07 Å². The van der Waals surface area contributed by atoms with Crippen LogP contribution in [0, 0.1) is 0 Å². The van der Waals surface area contributed by atoms with Crippen LogP contribution in [-0.2, 0) is 17.6 Å². The summed E-state index contributed by atoms with van der Waals surface area (Å²) in [5.41, 5.74) is 2.39. The number of alkyl halides is 1. The van der Waals surface area contributed by atoms with Crippen molar-refractivity contribution in [1.82, 2.24) is 0 Å². The first-order valence-corrected chi connectivity index (χ1v) is 5.32. The quantitative estimate of drug-likeness (QED) is 0.857. The number of rotatable bonds is 3. The highest BCUT2D eigenvalue weighted by Gasteiger charge is 2.18. The number of fused-ring (bicyclic) bond motifs is 1. The van der Waals surface area contributed by atoms with E-state index in [0.717, 1.165) is 24.8 Å². The Labute approximate surface area is 92.9 Å². The summed E-state index contributed by atoms with van der Waals surface area (Å²) in [7, 11) is 0. The lowest BCUT2D eigenvalue weighted by molar-refractivity contribution is -0.153. The van der Waals surface area contributed by atoms with Crippen LogP contribution in [0.15, 0.2) is 18.2 Å². The third-order valence-electron chi connectivity index (χ3n) is 2.75. The van der Waals surface area contributed by atoms with Crippen molar-refractivity contribution >= 4 is 5.97 Å². The first-order valence-electron chi connectivity index (χ1n) is 5.32. The highest BCUT2D eigenvalue weighted by Crippen LogP contribution is 2.25. The molecule has 0 radical (unpaired) electrons. The summed E-state index contributed by atoms with van der Waals surface area (Å²) in [4.78, 5) is 10.3. The normalized spacial score (nSPS) is 16.3. The first-order chi connectivity index (χ1) is 7.66. The van der Waals surface area contributed by atoms with Gasteiger partial charge in [0.1, 0.15) is 5.75 Å². The number of aliphatic carboxylic acids is 1. The number of halogens is 1. The van der Waals surface area contributed by atoms with Crippen LogP contribution in [0.5, 0.6) is 5.75 Å². The van der Waals surface area contributed by atoms with Crippen molar-refractivity contribution in [2.75, 3.05) is 0 Å². The molecule has 1 N–H and O–H groups in total. The molecule has 2 rings (SSSR count). The van der Waals surface area contributed by atoms with Crippen LogP contribution < -0.4 is 4.74 Å². The Bertz CT molecular complexity index is 403. The zero-order chi connectivity index (χ0) is 11.5. The highest BCUT2D eigenvalue weighted by atomic mass is 19.1. The number of hydrogen-bond acceptors (Lipinski definition) is 2. The number of aryl methyl sites for hydroxylation is 2. The Kier molecular flexibility index (Phi) is 3.08. The van der Waals surface area contributed by atoms with Crippen LogP contribution >= 0.6 is 0 Å². The van der Waals surface area contributed by atoms with Gasteiger partial charge in [-0.3, -0.25) is 0 Å². The van der Waals surface area contributed by atoms with Gasteiger partial charge in [-0.15, -0.1) is 0 Å². The molecule has 3 nitrogen and oxygen atoms in total. The number of hydrogen-bond donors (Lipinski definition) is 1. The maximum Gasteiger partial charge on any atom is 0.378 e. The summed E-state index contributed by atoms with van der Waals surface area (Å²) >= 11 is 0. The van der Waals surface area contributed by atoms with E-state index in [4.69, 9.17) is 5.11 Å². The average molecular weight is 224 g/mol. The highest BCUT2D eigenvalue weighted by molar-refractivity contribution is 5.70. The maximum atomic E-state index is 12.8. The van der Waals surface area contributed by atoms with Gasteiger partial charge in [0.05, 0.1) is 0 Å². The molecule has 1 aliphatic rings. The smallest absolute Gasteiger partial charge is 0.378 e. The van der Waals surface area contributed by atoms with E-state index in [1.54, 1.807) is 12.1 Å². The van der Waals surface area contributed by atoms with E-state index in [0.29, 0.717) is 0 Å². The number of benzene rings is 1. The summed E-state index contributed by atoms with van der Waals surface area (Å²) in [6.07, 6.45) is 1.99. The summed E-state index contributed by atoms with van der Waals surface area (Å²) in [6, 6.07) is 5.25. The van der Waals surface area contributed by atoms with Gasteiger partial charge in [-0.25, -0.2) is 4.79 Å². The van der Waals surface area contributed by atoms with E-state index in [1.807, 2.05) is 6.07 Å². The van der Waals surface area contributed by atoms with Gasteiger partial charge in [0.15, 0.2) is 0 Å². The molecular formula is C12H13FO3. The van der Waals surface area contributed by atoms with E-state index >= 15 is 0 Å². The van der Waals surface area contributed by atoms with E-state index in [1.165, 1.54) is 12.0 Å². The standard InChI is InChI=1S/C12H13FO3/c13-11(12(14)15)16-10-6-5-8-3-1-2-4-9(8)7-10/h5-7,11H,1-4H2,(H,14,15). The molecule has 0 heterocycles. The largest absolute Gasteiger partial charge is 0.476 e. The Hall–Kier alpha value is -1.58. The molecule has 16 heavy (non-hydrogen) atoms. The van der Waals surface area contributed by atoms with E-state index in [-0.39, 0.29) is 5.75 Å². The molecule has 1 atom stereocenters. The molecule has 1 aromatic rings. The van der Waals surface area contributed by atoms with Crippen LogP contribution in [0.2, 0.25) is 0 Å². The van der Waals surface area contributed by atoms with Gasteiger partial charge in [-0.2, -0.15) is 4.39 Å². The summed E-state index contributed by atoms with van der Waals surface area (Å²) < 4.78 is 17.5. The van der Waals surface area contributed by atoms with Crippen LogP contribution in [0.1, 0.15) is 24.0 Å². The third kappa shape index (κ3) is 2.32. The zero-order valence-corrected chi connectivity index (χ0v) is 8.78. The van der Waals surface area contributed by atoms with Crippen LogP contribution in [0.25, 0.3) is 0 Å². The molecule has 86 valence electrons. The molecule has 0 aromatic heterocycles. The molecule has 0 saturated carbocycles. The molecule has 0 aliphatic heterocycles. The van der Waals surface area contributed by atoms with Crippen molar-refractivity contribution in [1.29, 1.82) is 0 Å². The maximum absolute atomic E-state index is 12.8. The van der Waals surface area contributed by atoms with Gasteiger partial charge >= 0.3 is 12.3 Å². The van der Waals surface area contributed by atoms with E-state index in [9.17, 15) is 9.18 Å². The summed E-state index contributed by atoms with van der Waals surface area (Å²) in [5, 5.41) is 8.38. The Morgan fingerprint density at radius 3 is 2.69 bits per heavy atom. The van der Waals surface area contributed by atoms with Crippen LogP contribution in [0.3, 0.4) is 0 Å². The average Bonchev–Trinajstić information content (AvgIpc) is 2.28. The second kappa shape index (κ2) is 4.51. The fourth-order valence-electron chi connectivity index (χ4n) is 1.95. The zero-order valence-electron chi connectivity index (χ0n) is 8.78. The van der Waals surface area contributed by atoms with E-state index in [2.05, 4.69) is 4.74 Å². The monoisotopic (exact) mass is 224 g/mol. The van der Waals surface area contributed by atoms with Gasteiger partial charge in [-0.05, 0) is 48.9 Å². The molecule has 1 unspecified atom stereocenters. The lowest BCUT2D eigenvalue weighted by Gasteiger charge is -2.17. The molecule has 4 heteroatoms. The lowest BCUT2D eigenvalue weighted by atomic mass is 9.92. The first kappa shape index (κ1) is 10.9. The molecule has 0 amide bonds. The Morgan fingerprint density at radius 2 is 2.00 bits per heavy atom. The SMILES string of the molecule is O=C(O)C(F)Oc1ccc2c(c1)CCCC2. The van der Waals surface area contributed by atoms with Crippen molar-refractivity contribution in [3.8, 4) is 5.75 Å². The molecule has 1 aliphatic carbocycles. The molecule has 0 fully saturated rings. The number of ether oxygens (including phenoxy) is 1. The van der Waals surface area contributed by atoms with Crippen molar-refractivity contribution < 1.29 is 19.0 Å². The Balaban J connectivity index is 2.14. The summed E-state index contributed by atoms with van der Waals surface area (Å²) in [6.45, 7) is 0. The van der Waals surface area contributed by atoms with Gasteiger partial charge in [0, 0.05) is 0 Å². The van der Waals surface area contributed by atoms with Gasteiger partial charge in [0.25, 0.3) is 0 Å². The minimum atomic E-state index is -2.29. The fourth-order valence-corrected chi connectivity index (χ4v) is 1.95. The van der Waals surface area contributed by atoms with Crippen molar-refractivity contribution in [3.05, 3.63) is 29.3 Å². The predicted octanol–water partition coefficient (Wildman–Crippen LogP) is 2.32. The minimum Gasteiger partial charge on any atom is -0.476 e. The minimum absolute atomic E-state index is 0.288. The van der Waals surface area contributed by atoms with Crippen molar-refractivity contribution in [3.63, 3.8) is 0 Å². The van der Waals surface area contributed by atoms with Crippen molar-refractivity contribution in [2.45, 2.75) is 32.0 Å². The molecule has 0 saturated heterocycles. The molecular weight excluding hydrogens is 211 g/mol. The van der Waals surface area contributed by atoms with E-state index < -0.39 is 12.3 Å². The third-order valence-corrected chi connectivity index (χ3v) is 2.75. The van der Waals surface area contributed by atoms with Crippen LogP contribution in [-0.4, -0.2) is 17.4 Å². The summed E-state index contributed by atoms with van der Waals surface area (Å²) in [5.74, 6) is -1.31. The fraction of sp³-hybridized carbons (Fsp3) is 0.417. The molecule has 0 spiro atoms. The van der Waals surface area contributed by atoms with Crippen LogP contribution in [0.4, 0.5) is 4.39 Å². The molecule has 1 aromatic carbocycles. The second-order valence-corrected chi connectivity index (χ2v) is 3.91.